The molecule has 0 heterocycles. The number of rotatable bonds is 1. The van der Waals surface area contributed by atoms with Crippen LogP contribution < -0.4 is 0 Å². The van der Waals surface area contributed by atoms with Crippen LogP contribution in [0.2, 0.25) is 0 Å². The molecule has 0 aromatic carbocycles. The van der Waals surface area contributed by atoms with Crippen LogP contribution >= 0.6 is 0 Å². The number of Topliss-reactive ketones (excluding diaryl/α,β-unsaturated/α-hetero) is 2. The molecule has 0 saturated heterocycles. The van der Waals surface area contributed by atoms with Gasteiger partial charge in [0, 0.05) is 18.8 Å². The lowest BCUT2D eigenvalue weighted by molar-refractivity contribution is -0.154. The third kappa shape index (κ3) is 2.06. The Morgan fingerprint density at radius 2 is 1.79 bits per heavy atom. The van der Waals surface area contributed by atoms with Crippen molar-refractivity contribution >= 4 is 11.6 Å². The summed E-state index contributed by atoms with van der Waals surface area (Å²) in [5.41, 5.74) is 0.238. The van der Waals surface area contributed by atoms with Gasteiger partial charge in [0.1, 0.15) is 11.9 Å². The van der Waals surface area contributed by atoms with E-state index in [0.717, 1.165) is 32.1 Å². The van der Waals surface area contributed by atoms with Crippen molar-refractivity contribution in [1.29, 1.82) is 0 Å². The summed E-state index contributed by atoms with van der Waals surface area (Å²) < 4.78 is 0. The Kier molecular flexibility index (Phi) is 3.77. The molecule has 24 heavy (non-hydrogen) atoms. The van der Waals surface area contributed by atoms with Crippen LogP contribution in [-0.4, -0.2) is 22.8 Å². The van der Waals surface area contributed by atoms with Gasteiger partial charge in [-0.1, -0.05) is 20.8 Å². The Hall–Kier alpha value is -0.700. The van der Waals surface area contributed by atoms with Crippen LogP contribution in [0, 0.1) is 40.4 Å². The maximum Gasteiger partial charge on any atom is 0.161 e. The summed E-state index contributed by atoms with van der Waals surface area (Å²) in [6.07, 6.45) is 6.85. The molecular weight excluding hydrogens is 300 g/mol. The van der Waals surface area contributed by atoms with Gasteiger partial charge in [0.2, 0.25) is 0 Å². The van der Waals surface area contributed by atoms with Gasteiger partial charge in [0.25, 0.3) is 0 Å². The number of aliphatic hydroxyl groups is 1. The van der Waals surface area contributed by atoms with Crippen LogP contribution in [0.4, 0.5) is 0 Å². The van der Waals surface area contributed by atoms with E-state index < -0.39 is 6.10 Å². The SMILES string of the molecule is CC[C@H]1C(=O)C[C@H]2[C@@H]3CC[C@H]4C[C@@H](O)C(=O)C[C@]4(C)[C@H]3CC[C@]12C. The predicted molar refractivity (Wildman–Crippen MR) is 92.3 cm³/mol. The minimum atomic E-state index is -0.731. The first-order valence-corrected chi connectivity index (χ1v) is 10.0. The van der Waals surface area contributed by atoms with Gasteiger partial charge >= 0.3 is 0 Å². The fourth-order valence-electron chi connectivity index (χ4n) is 7.68. The molecule has 0 radical (unpaired) electrons. The highest BCUT2D eigenvalue weighted by molar-refractivity contribution is 5.85. The second-order valence-corrected chi connectivity index (χ2v) is 9.73. The van der Waals surface area contributed by atoms with Crippen molar-refractivity contribution in [2.75, 3.05) is 0 Å². The van der Waals surface area contributed by atoms with Crippen LogP contribution in [-0.2, 0) is 9.59 Å². The third-order valence-corrected chi connectivity index (χ3v) is 8.95. The van der Waals surface area contributed by atoms with Crippen molar-refractivity contribution in [2.45, 2.75) is 78.2 Å². The molecule has 1 N–H and O–H groups in total. The second-order valence-electron chi connectivity index (χ2n) is 9.73. The van der Waals surface area contributed by atoms with E-state index in [1.807, 2.05) is 0 Å². The highest BCUT2D eigenvalue weighted by Crippen LogP contribution is 2.66. The standard InChI is InChI=1S/C21H32O3/c1-4-14-17(22)10-16-13-6-5-12-9-18(23)19(24)11-21(12,3)15(13)7-8-20(14,16)2/h12-16,18,23H,4-11H2,1-3H3/t12-,13+,14-,15-,16-,18+,20+,21-/m0/s1. The molecule has 0 aliphatic heterocycles. The van der Waals surface area contributed by atoms with Crippen molar-refractivity contribution in [3.8, 4) is 0 Å². The molecule has 0 spiro atoms. The van der Waals surface area contributed by atoms with E-state index in [1.165, 1.54) is 6.42 Å². The average molecular weight is 332 g/mol. The largest absolute Gasteiger partial charge is 0.385 e. The summed E-state index contributed by atoms with van der Waals surface area (Å²) in [4.78, 5) is 24.9. The normalized spacial score (nSPS) is 54.2. The van der Waals surface area contributed by atoms with E-state index in [2.05, 4.69) is 20.8 Å². The maximum absolute atomic E-state index is 12.6. The first-order valence-electron chi connectivity index (χ1n) is 10.0. The Labute approximate surface area is 145 Å². The van der Waals surface area contributed by atoms with E-state index in [4.69, 9.17) is 0 Å². The zero-order valence-corrected chi connectivity index (χ0v) is 15.4. The smallest absolute Gasteiger partial charge is 0.161 e. The number of hydrogen-bond donors (Lipinski definition) is 1. The minimum absolute atomic E-state index is 0.0495. The number of aliphatic hydroxyl groups excluding tert-OH is 1. The number of carbonyl (C=O) groups is 2. The van der Waals surface area contributed by atoms with E-state index in [1.54, 1.807) is 0 Å². The lowest BCUT2D eigenvalue weighted by Crippen LogP contribution is -2.55. The second kappa shape index (κ2) is 5.40. The molecule has 0 aromatic rings. The Bertz CT molecular complexity index is 569. The number of ketones is 2. The molecule has 0 unspecified atom stereocenters. The van der Waals surface area contributed by atoms with Crippen LogP contribution in [0.25, 0.3) is 0 Å². The lowest BCUT2D eigenvalue weighted by atomic mass is 9.44. The highest BCUT2D eigenvalue weighted by atomic mass is 16.3. The number of carbonyl (C=O) groups excluding carboxylic acids is 2. The quantitative estimate of drug-likeness (QED) is 0.795. The fourth-order valence-corrected chi connectivity index (χ4v) is 7.68. The summed E-state index contributed by atoms with van der Waals surface area (Å²) in [6.45, 7) is 6.86. The van der Waals surface area contributed by atoms with Gasteiger partial charge in [-0.3, -0.25) is 9.59 Å². The Balaban J connectivity index is 1.66. The van der Waals surface area contributed by atoms with Gasteiger partial charge < -0.3 is 5.11 Å². The molecule has 4 rings (SSSR count). The van der Waals surface area contributed by atoms with Crippen LogP contribution in [0.3, 0.4) is 0 Å². The lowest BCUT2D eigenvalue weighted by Gasteiger charge is -2.60. The van der Waals surface area contributed by atoms with Crippen LogP contribution in [0.1, 0.15) is 72.1 Å². The first kappa shape index (κ1) is 16.8. The van der Waals surface area contributed by atoms with Gasteiger partial charge in [0.05, 0.1) is 0 Å². The Morgan fingerprint density at radius 3 is 2.50 bits per heavy atom. The first-order chi connectivity index (χ1) is 11.3. The molecule has 0 amide bonds. The monoisotopic (exact) mass is 332 g/mol. The molecule has 4 aliphatic carbocycles. The summed E-state index contributed by atoms with van der Waals surface area (Å²) >= 11 is 0. The molecule has 4 aliphatic rings. The van der Waals surface area contributed by atoms with Gasteiger partial charge in [-0.15, -0.1) is 0 Å². The fraction of sp³-hybridized carbons (Fsp3) is 0.905. The van der Waals surface area contributed by atoms with Gasteiger partial charge in [0.15, 0.2) is 5.78 Å². The van der Waals surface area contributed by atoms with Gasteiger partial charge in [-0.05, 0) is 73.0 Å². The Morgan fingerprint density at radius 1 is 1.04 bits per heavy atom. The molecule has 4 saturated carbocycles. The zero-order valence-electron chi connectivity index (χ0n) is 15.4. The van der Waals surface area contributed by atoms with E-state index >= 15 is 0 Å². The summed E-state index contributed by atoms with van der Waals surface area (Å²) in [7, 11) is 0. The van der Waals surface area contributed by atoms with E-state index in [9.17, 15) is 14.7 Å². The molecule has 0 aromatic heterocycles. The van der Waals surface area contributed by atoms with Crippen LogP contribution in [0.15, 0.2) is 0 Å². The minimum Gasteiger partial charge on any atom is -0.385 e. The number of hydrogen-bond acceptors (Lipinski definition) is 3. The third-order valence-electron chi connectivity index (χ3n) is 8.95. The van der Waals surface area contributed by atoms with Gasteiger partial charge in [-0.2, -0.15) is 0 Å². The van der Waals surface area contributed by atoms with Crippen molar-refractivity contribution in [3.63, 3.8) is 0 Å². The predicted octanol–water partition coefficient (Wildman–Crippen LogP) is 3.77. The zero-order chi connectivity index (χ0) is 17.3. The average Bonchev–Trinajstić information content (AvgIpc) is 2.78. The van der Waals surface area contributed by atoms with Crippen molar-refractivity contribution in [3.05, 3.63) is 0 Å². The van der Waals surface area contributed by atoms with E-state index in [-0.39, 0.29) is 22.5 Å². The highest BCUT2D eigenvalue weighted by Gasteiger charge is 2.62. The molecule has 3 heteroatoms. The topological polar surface area (TPSA) is 54.4 Å². The van der Waals surface area contributed by atoms with E-state index in [0.29, 0.717) is 42.3 Å². The maximum atomic E-state index is 12.6. The summed E-state index contributed by atoms with van der Waals surface area (Å²) in [5.74, 6) is 2.97. The van der Waals surface area contributed by atoms with Crippen molar-refractivity contribution in [1.82, 2.24) is 0 Å². The molecule has 0 bridgehead atoms. The van der Waals surface area contributed by atoms with Crippen molar-refractivity contribution in [2.24, 2.45) is 40.4 Å². The molecular formula is C21H32O3. The number of fused-ring (bicyclic) bond motifs is 5. The molecule has 4 fully saturated rings. The molecule has 3 nitrogen and oxygen atoms in total. The van der Waals surface area contributed by atoms with Crippen LogP contribution in [0.5, 0.6) is 0 Å². The van der Waals surface area contributed by atoms with Crippen molar-refractivity contribution < 1.29 is 14.7 Å². The summed E-state index contributed by atoms with van der Waals surface area (Å²) in [6, 6.07) is 0. The van der Waals surface area contributed by atoms with Gasteiger partial charge in [-0.25, -0.2) is 0 Å². The molecule has 8 atom stereocenters. The summed E-state index contributed by atoms with van der Waals surface area (Å²) in [5, 5.41) is 10.0. The molecule has 134 valence electrons.